The van der Waals surface area contributed by atoms with E-state index in [0.717, 1.165) is 43.4 Å². The molecule has 0 N–H and O–H groups in total. The van der Waals surface area contributed by atoms with Crippen LogP contribution in [0, 0.1) is 11.8 Å². The van der Waals surface area contributed by atoms with E-state index in [9.17, 15) is 0 Å². The maximum absolute atomic E-state index is 2.60. The number of hydrogen-bond donors (Lipinski definition) is 0. The Morgan fingerprint density at radius 1 is 0.431 bits per heavy atom. The summed E-state index contributed by atoms with van der Waals surface area (Å²) in [6.45, 7) is 4.81. The van der Waals surface area contributed by atoms with E-state index in [-0.39, 0.29) is 5.41 Å². The number of benzene rings is 7. The van der Waals surface area contributed by atoms with Crippen molar-refractivity contribution in [2.75, 3.05) is 9.80 Å². The Labute approximate surface area is 388 Å². The van der Waals surface area contributed by atoms with Crippen molar-refractivity contribution < 1.29 is 0 Å². The van der Waals surface area contributed by atoms with E-state index < -0.39 is 0 Å². The van der Waals surface area contributed by atoms with Gasteiger partial charge in [0.05, 0.1) is 0 Å². The maximum Gasteiger partial charge on any atom is 0.0496 e. The van der Waals surface area contributed by atoms with Crippen LogP contribution in [0.25, 0.3) is 11.1 Å². The molecule has 7 aromatic rings. The van der Waals surface area contributed by atoms with Gasteiger partial charge in [0.15, 0.2) is 0 Å². The first-order valence-corrected chi connectivity index (χ1v) is 25.3. The summed E-state index contributed by atoms with van der Waals surface area (Å²) < 4.78 is 0. The molecule has 0 radical (unpaired) electrons. The molecule has 3 atom stereocenters. The van der Waals surface area contributed by atoms with E-state index in [1.807, 2.05) is 0 Å². The monoisotopic (exact) mass is 849 g/mol. The highest BCUT2D eigenvalue weighted by Crippen LogP contribution is 2.54. The standard InChI is InChI=1S/C63H64N2/c1-63(2)59-17-11-10-16-56(59)57-37-36-55(42-60(57)63)65(54-32-28-47(29-33-54)46-12-6-3-4-7-13-46)62-41-44-19-24-49-23-18-43(20-25-50(62)26-21-44)40-61(49)64(52-14-8-5-9-15-52)53-34-30-48(31-35-53)58-39-45-22-27-51(58)38-45/h5,8-11,14-18,21,23,26,28-37,40-42,45-46,51,58H,3-4,6-7,12-13,19-20,22,24-25,27,38-39H2,1-2H3. The van der Waals surface area contributed by atoms with Crippen LogP contribution in [-0.4, -0.2) is 0 Å². The molecule has 3 fully saturated rings. The molecular formula is C63H64N2. The van der Waals surface area contributed by atoms with Gasteiger partial charge in [0.1, 0.15) is 0 Å². The smallest absolute Gasteiger partial charge is 0.0496 e. The molecule has 2 heteroatoms. The van der Waals surface area contributed by atoms with Crippen molar-refractivity contribution in [3.8, 4) is 11.1 Å². The number of nitrogens with zero attached hydrogens (tertiary/aromatic N) is 2. The van der Waals surface area contributed by atoms with Gasteiger partial charge < -0.3 is 9.80 Å². The molecule has 6 bridgehead atoms. The lowest BCUT2D eigenvalue weighted by atomic mass is 9.82. The van der Waals surface area contributed by atoms with Crippen molar-refractivity contribution in [3.63, 3.8) is 0 Å². The molecule has 8 aliphatic carbocycles. The lowest BCUT2D eigenvalue weighted by Gasteiger charge is -2.31. The third-order valence-corrected chi connectivity index (χ3v) is 16.8. The Morgan fingerprint density at radius 3 is 1.63 bits per heavy atom. The average molecular weight is 849 g/mol. The summed E-state index contributed by atoms with van der Waals surface area (Å²) in [6.07, 6.45) is 17.6. The van der Waals surface area contributed by atoms with Crippen LogP contribution in [0.1, 0.15) is 134 Å². The number of hydrogen-bond acceptors (Lipinski definition) is 2. The fraction of sp³-hybridized carbons (Fsp3) is 0.333. The van der Waals surface area contributed by atoms with Crippen LogP contribution in [-0.2, 0) is 31.1 Å². The van der Waals surface area contributed by atoms with Gasteiger partial charge in [0.2, 0.25) is 0 Å². The Balaban J connectivity index is 0.917. The maximum atomic E-state index is 2.60. The van der Waals surface area contributed by atoms with Crippen LogP contribution in [0.3, 0.4) is 0 Å². The first-order valence-electron chi connectivity index (χ1n) is 25.3. The minimum Gasteiger partial charge on any atom is -0.310 e. The molecule has 326 valence electrons. The highest BCUT2D eigenvalue weighted by atomic mass is 15.2. The Kier molecular flexibility index (Phi) is 10.5. The predicted molar refractivity (Wildman–Crippen MR) is 273 cm³/mol. The van der Waals surface area contributed by atoms with Crippen LogP contribution in [0.4, 0.5) is 34.1 Å². The van der Waals surface area contributed by atoms with Crippen LogP contribution in [0.2, 0.25) is 0 Å². The average Bonchev–Trinajstić information content (AvgIpc) is 3.96. The van der Waals surface area contributed by atoms with Gasteiger partial charge in [0.25, 0.3) is 0 Å². The van der Waals surface area contributed by atoms with E-state index in [1.165, 1.54) is 148 Å². The molecule has 15 rings (SSSR count). The third kappa shape index (κ3) is 7.52. The summed E-state index contributed by atoms with van der Waals surface area (Å²) in [4.78, 5) is 5.14. The molecule has 0 heterocycles. The Bertz CT molecular complexity index is 2830. The van der Waals surface area contributed by atoms with Gasteiger partial charge >= 0.3 is 0 Å². The summed E-state index contributed by atoms with van der Waals surface area (Å²) in [6, 6.07) is 61.7. The number of para-hydroxylation sites is 1. The normalized spacial score (nSPS) is 20.7. The largest absolute Gasteiger partial charge is 0.310 e. The van der Waals surface area contributed by atoms with Crippen molar-refractivity contribution in [1.82, 2.24) is 0 Å². The van der Waals surface area contributed by atoms with E-state index in [4.69, 9.17) is 0 Å². The quantitative estimate of drug-likeness (QED) is 0.141. The number of rotatable bonds is 8. The molecule has 0 aliphatic heterocycles. The molecule has 3 saturated carbocycles. The van der Waals surface area contributed by atoms with Crippen molar-refractivity contribution in [1.29, 1.82) is 0 Å². The zero-order valence-corrected chi connectivity index (χ0v) is 38.6. The summed E-state index contributed by atoms with van der Waals surface area (Å²) in [5.74, 6) is 3.24. The number of anilines is 6. The van der Waals surface area contributed by atoms with E-state index in [1.54, 1.807) is 5.56 Å². The molecule has 0 spiro atoms. The van der Waals surface area contributed by atoms with Gasteiger partial charge in [-0.3, -0.25) is 0 Å². The minimum absolute atomic E-state index is 0.0760. The molecule has 7 aromatic carbocycles. The molecule has 0 saturated heterocycles. The SMILES string of the molecule is CC1(C)c2ccccc2-c2ccc(N(c3ccc(C4CCCCCC4)cc3)c3cc4ccc3CCc3ccc(c(N(c5ccccc5)c5ccc(C6CC7CCC6C7)cc5)c3)CC4)cc21. The van der Waals surface area contributed by atoms with Crippen molar-refractivity contribution in [2.24, 2.45) is 11.8 Å². The second-order valence-electron chi connectivity index (χ2n) is 21.0. The lowest BCUT2D eigenvalue weighted by molar-refractivity contribution is 0.420. The molecular weight excluding hydrogens is 785 g/mol. The van der Waals surface area contributed by atoms with E-state index in [2.05, 4.69) is 181 Å². The zero-order valence-electron chi connectivity index (χ0n) is 38.6. The van der Waals surface area contributed by atoms with Crippen LogP contribution < -0.4 is 9.80 Å². The van der Waals surface area contributed by atoms with Gasteiger partial charge in [-0.2, -0.15) is 0 Å². The summed E-state index contributed by atoms with van der Waals surface area (Å²) in [5, 5.41) is 0. The molecule has 8 aliphatic rings. The number of fused-ring (bicyclic) bond motifs is 5. The van der Waals surface area contributed by atoms with E-state index >= 15 is 0 Å². The van der Waals surface area contributed by atoms with Gasteiger partial charge in [-0.05, 0) is 198 Å². The van der Waals surface area contributed by atoms with Gasteiger partial charge in [-0.1, -0.05) is 143 Å². The van der Waals surface area contributed by atoms with Gasteiger partial charge in [0, 0.05) is 39.5 Å². The first-order chi connectivity index (χ1) is 31.9. The molecule has 0 aromatic heterocycles. The van der Waals surface area contributed by atoms with Crippen molar-refractivity contribution in [2.45, 2.75) is 121 Å². The molecule has 65 heavy (non-hydrogen) atoms. The fourth-order valence-corrected chi connectivity index (χ4v) is 13.2. The lowest BCUT2D eigenvalue weighted by Crippen LogP contribution is -2.18. The Hall–Kier alpha value is -5.86. The molecule has 3 unspecified atom stereocenters. The first kappa shape index (κ1) is 40.6. The topological polar surface area (TPSA) is 6.48 Å². The summed E-state index contributed by atoms with van der Waals surface area (Å²) >= 11 is 0. The van der Waals surface area contributed by atoms with Gasteiger partial charge in [-0.15, -0.1) is 0 Å². The summed E-state index contributed by atoms with van der Waals surface area (Å²) in [5.41, 5.74) is 21.7. The highest BCUT2D eigenvalue weighted by molar-refractivity contribution is 5.86. The zero-order chi connectivity index (χ0) is 43.5. The minimum atomic E-state index is -0.0760. The molecule has 0 amide bonds. The van der Waals surface area contributed by atoms with Crippen LogP contribution >= 0.6 is 0 Å². The van der Waals surface area contributed by atoms with Crippen LogP contribution in [0.15, 0.2) is 158 Å². The number of aryl methyl sites for hydroxylation is 4. The third-order valence-electron chi connectivity index (χ3n) is 16.8. The van der Waals surface area contributed by atoms with Gasteiger partial charge in [-0.25, -0.2) is 0 Å². The Morgan fingerprint density at radius 2 is 1.00 bits per heavy atom. The molecule has 2 nitrogen and oxygen atoms in total. The van der Waals surface area contributed by atoms with Crippen molar-refractivity contribution >= 4 is 34.1 Å². The van der Waals surface area contributed by atoms with Crippen LogP contribution in [0.5, 0.6) is 0 Å². The second kappa shape index (κ2) is 16.8. The highest BCUT2D eigenvalue weighted by Gasteiger charge is 2.40. The second-order valence-corrected chi connectivity index (χ2v) is 21.0. The fourth-order valence-electron chi connectivity index (χ4n) is 13.2. The summed E-state index contributed by atoms with van der Waals surface area (Å²) in [7, 11) is 0. The predicted octanol–water partition coefficient (Wildman–Crippen LogP) is 17.2. The van der Waals surface area contributed by atoms with E-state index in [0.29, 0.717) is 5.92 Å². The van der Waals surface area contributed by atoms with Crippen molar-refractivity contribution in [3.05, 3.63) is 202 Å².